The second-order valence-corrected chi connectivity index (χ2v) is 4.61. The van der Waals surface area contributed by atoms with E-state index in [1.807, 2.05) is 0 Å². The standard InChI is InChI=1S/C14H16/c1-10-11-6-2-4-8-13(11)14-9-5-3-7-12(10)14/h2,4-6,8-10,12,14H,3,7H2,1H3. The zero-order valence-electron chi connectivity index (χ0n) is 8.61. The predicted molar refractivity (Wildman–Crippen MR) is 59.5 cm³/mol. The van der Waals surface area contributed by atoms with E-state index in [2.05, 4.69) is 43.3 Å². The zero-order chi connectivity index (χ0) is 9.54. The number of hydrogen-bond acceptors (Lipinski definition) is 0. The molecule has 2 aliphatic rings. The van der Waals surface area contributed by atoms with E-state index in [-0.39, 0.29) is 0 Å². The van der Waals surface area contributed by atoms with Gasteiger partial charge in [-0.15, -0.1) is 0 Å². The SMILES string of the molecule is CC1c2ccccc2C2C=CCCC12. The summed E-state index contributed by atoms with van der Waals surface area (Å²) in [7, 11) is 0. The number of hydrogen-bond donors (Lipinski definition) is 0. The Morgan fingerprint density at radius 1 is 1.14 bits per heavy atom. The normalized spacial score (nSPS) is 33.9. The van der Waals surface area contributed by atoms with E-state index in [1.54, 1.807) is 11.1 Å². The fourth-order valence-electron chi connectivity index (χ4n) is 3.21. The maximum absolute atomic E-state index is 2.43. The van der Waals surface area contributed by atoms with Crippen molar-refractivity contribution >= 4 is 0 Å². The third-order valence-electron chi connectivity index (χ3n) is 3.96. The molecule has 1 aromatic rings. The van der Waals surface area contributed by atoms with Crippen LogP contribution in [0.4, 0.5) is 0 Å². The van der Waals surface area contributed by atoms with Crippen LogP contribution in [0.3, 0.4) is 0 Å². The molecule has 0 bridgehead atoms. The Morgan fingerprint density at radius 3 is 2.79 bits per heavy atom. The third-order valence-corrected chi connectivity index (χ3v) is 3.96. The van der Waals surface area contributed by atoms with Crippen LogP contribution in [0.1, 0.15) is 42.7 Å². The Bertz CT molecular complexity index is 375. The Hall–Kier alpha value is -1.04. The summed E-state index contributed by atoms with van der Waals surface area (Å²) >= 11 is 0. The Morgan fingerprint density at radius 2 is 1.93 bits per heavy atom. The largest absolute Gasteiger partial charge is 0.0879 e. The van der Waals surface area contributed by atoms with E-state index in [0.717, 1.165) is 17.8 Å². The van der Waals surface area contributed by atoms with Gasteiger partial charge >= 0.3 is 0 Å². The molecule has 72 valence electrons. The summed E-state index contributed by atoms with van der Waals surface area (Å²) < 4.78 is 0. The van der Waals surface area contributed by atoms with E-state index >= 15 is 0 Å². The van der Waals surface area contributed by atoms with Crippen molar-refractivity contribution in [3.63, 3.8) is 0 Å². The quantitative estimate of drug-likeness (QED) is 0.537. The first kappa shape index (κ1) is 8.28. The molecule has 1 aromatic carbocycles. The monoisotopic (exact) mass is 184 g/mol. The van der Waals surface area contributed by atoms with Crippen molar-refractivity contribution in [1.82, 2.24) is 0 Å². The van der Waals surface area contributed by atoms with Gasteiger partial charge in [0.25, 0.3) is 0 Å². The van der Waals surface area contributed by atoms with Crippen LogP contribution >= 0.6 is 0 Å². The second-order valence-electron chi connectivity index (χ2n) is 4.61. The van der Waals surface area contributed by atoms with Crippen molar-refractivity contribution in [2.75, 3.05) is 0 Å². The Labute approximate surface area is 85.6 Å². The van der Waals surface area contributed by atoms with Gasteiger partial charge in [0.15, 0.2) is 0 Å². The topological polar surface area (TPSA) is 0 Å². The van der Waals surface area contributed by atoms with Gasteiger partial charge in [0.2, 0.25) is 0 Å². The Kier molecular flexibility index (Phi) is 1.76. The number of allylic oxidation sites excluding steroid dienone is 2. The van der Waals surface area contributed by atoms with Gasteiger partial charge in [0, 0.05) is 5.92 Å². The second kappa shape index (κ2) is 2.98. The summed E-state index contributed by atoms with van der Waals surface area (Å²) in [6.45, 7) is 2.39. The first-order valence-corrected chi connectivity index (χ1v) is 5.63. The lowest BCUT2D eigenvalue weighted by Crippen LogP contribution is -2.11. The molecule has 0 heteroatoms. The van der Waals surface area contributed by atoms with Crippen molar-refractivity contribution in [3.05, 3.63) is 47.5 Å². The molecule has 0 amide bonds. The first-order valence-electron chi connectivity index (χ1n) is 5.63. The maximum atomic E-state index is 2.43. The number of rotatable bonds is 0. The van der Waals surface area contributed by atoms with Crippen LogP contribution in [0.25, 0.3) is 0 Å². The van der Waals surface area contributed by atoms with Gasteiger partial charge in [-0.1, -0.05) is 43.3 Å². The van der Waals surface area contributed by atoms with Gasteiger partial charge in [0.1, 0.15) is 0 Å². The summed E-state index contributed by atoms with van der Waals surface area (Å²) in [5.74, 6) is 2.36. The molecular weight excluding hydrogens is 168 g/mol. The molecule has 0 aliphatic heterocycles. The summed E-state index contributed by atoms with van der Waals surface area (Å²) in [6.07, 6.45) is 7.43. The van der Waals surface area contributed by atoms with Crippen molar-refractivity contribution in [2.24, 2.45) is 5.92 Å². The first-order chi connectivity index (χ1) is 6.88. The summed E-state index contributed by atoms with van der Waals surface area (Å²) in [5.41, 5.74) is 3.18. The molecule has 14 heavy (non-hydrogen) atoms. The minimum atomic E-state index is 0.718. The van der Waals surface area contributed by atoms with Gasteiger partial charge in [-0.05, 0) is 35.8 Å². The van der Waals surface area contributed by atoms with Crippen molar-refractivity contribution in [3.8, 4) is 0 Å². The van der Waals surface area contributed by atoms with Crippen LogP contribution in [0, 0.1) is 5.92 Å². The van der Waals surface area contributed by atoms with Crippen LogP contribution in [0.5, 0.6) is 0 Å². The minimum Gasteiger partial charge on any atom is -0.0879 e. The van der Waals surface area contributed by atoms with Crippen LogP contribution in [-0.2, 0) is 0 Å². The maximum Gasteiger partial charge on any atom is 0.00549 e. The molecule has 0 fully saturated rings. The van der Waals surface area contributed by atoms with Gasteiger partial charge in [-0.2, -0.15) is 0 Å². The van der Waals surface area contributed by atoms with E-state index < -0.39 is 0 Å². The lowest BCUT2D eigenvalue weighted by molar-refractivity contribution is 0.405. The van der Waals surface area contributed by atoms with Crippen LogP contribution in [0.15, 0.2) is 36.4 Å². The molecule has 3 unspecified atom stereocenters. The molecule has 0 heterocycles. The molecule has 0 saturated carbocycles. The average Bonchev–Trinajstić information content (AvgIpc) is 2.55. The van der Waals surface area contributed by atoms with E-state index in [0.29, 0.717) is 0 Å². The van der Waals surface area contributed by atoms with Crippen molar-refractivity contribution in [2.45, 2.75) is 31.6 Å². The smallest absolute Gasteiger partial charge is 0.00549 e. The zero-order valence-corrected chi connectivity index (χ0v) is 8.61. The average molecular weight is 184 g/mol. The van der Waals surface area contributed by atoms with Crippen LogP contribution < -0.4 is 0 Å². The van der Waals surface area contributed by atoms with E-state index in [1.165, 1.54) is 12.8 Å². The highest BCUT2D eigenvalue weighted by atomic mass is 14.4. The van der Waals surface area contributed by atoms with Gasteiger partial charge < -0.3 is 0 Å². The van der Waals surface area contributed by atoms with Crippen LogP contribution in [0.2, 0.25) is 0 Å². The van der Waals surface area contributed by atoms with Crippen molar-refractivity contribution < 1.29 is 0 Å². The number of benzene rings is 1. The lowest BCUT2D eigenvalue weighted by atomic mass is 9.81. The third kappa shape index (κ3) is 1.00. The van der Waals surface area contributed by atoms with Gasteiger partial charge in [0.05, 0.1) is 0 Å². The molecule has 0 aromatic heterocycles. The van der Waals surface area contributed by atoms with E-state index in [4.69, 9.17) is 0 Å². The summed E-state index contributed by atoms with van der Waals surface area (Å²) in [4.78, 5) is 0. The number of fused-ring (bicyclic) bond motifs is 3. The molecule has 3 atom stereocenters. The van der Waals surface area contributed by atoms with Crippen molar-refractivity contribution in [1.29, 1.82) is 0 Å². The van der Waals surface area contributed by atoms with Gasteiger partial charge in [-0.25, -0.2) is 0 Å². The highest BCUT2D eigenvalue weighted by Crippen LogP contribution is 2.50. The fraction of sp³-hybridized carbons (Fsp3) is 0.429. The molecule has 3 rings (SSSR count). The molecule has 0 radical (unpaired) electrons. The summed E-state index contributed by atoms with van der Waals surface area (Å²) in [6, 6.07) is 8.98. The molecule has 2 aliphatic carbocycles. The molecule has 0 nitrogen and oxygen atoms in total. The molecular formula is C14H16. The molecule has 0 N–H and O–H groups in total. The summed E-state index contributed by atoms with van der Waals surface area (Å²) in [5, 5.41) is 0. The highest BCUT2D eigenvalue weighted by molar-refractivity contribution is 5.42. The van der Waals surface area contributed by atoms with Gasteiger partial charge in [-0.3, -0.25) is 0 Å². The Balaban J connectivity index is 2.13. The predicted octanol–water partition coefficient (Wildman–Crippen LogP) is 3.85. The molecule has 0 spiro atoms. The van der Waals surface area contributed by atoms with Crippen LogP contribution in [-0.4, -0.2) is 0 Å². The van der Waals surface area contributed by atoms with E-state index in [9.17, 15) is 0 Å². The fourth-order valence-corrected chi connectivity index (χ4v) is 3.21. The molecule has 0 saturated heterocycles. The lowest BCUT2D eigenvalue weighted by Gasteiger charge is -2.23. The highest BCUT2D eigenvalue weighted by Gasteiger charge is 2.36. The minimum absolute atomic E-state index is 0.718.